The van der Waals surface area contributed by atoms with Crippen LogP contribution in [0, 0.1) is 12.8 Å². The lowest BCUT2D eigenvalue weighted by atomic mass is 9.71. The lowest BCUT2D eigenvalue weighted by molar-refractivity contribution is -0.00476. The van der Waals surface area contributed by atoms with Gasteiger partial charge in [0.2, 0.25) is 0 Å². The van der Waals surface area contributed by atoms with Crippen molar-refractivity contribution in [1.29, 1.82) is 0 Å². The van der Waals surface area contributed by atoms with Gasteiger partial charge in [0.25, 0.3) is 5.92 Å². The summed E-state index contributed by atoms with van der Waals surface area (Å²) in [4.78, 5) is 18.3. The van der Waals surface area contributed by atoms with Gasteiger partial charge in [0.1, 0.15) is 30.3 Å². The molecule has 2 aromatic rings. The third kappa shape index (κ3) is 3.44. The van der Waals surface area contributed by atoms with E-state index >= 15 is 0 Å². The van der Waals surface area contributed by atoms with Gasteiger partial charge in [-0.25, -0.2) is 28.1 Å². The van der Waals surface area contributed by atoms with Gasteiger partial charge >= 0.3 is 0 Å². The topological polar surface area (TPSA) is 89.0 Å². The lowest BCUT2D eigenvalue weighted by Crippen LogP contribution is -2.54. The molecule has 0 bridgehead atoms. The summed E-state index contributed by atoms with van der Waals surface area (Å²) in [6, 6.07) is 5.52. The van der Waals surface area contributed by atoms with E-state index in [1.807, 2.05) is 19.1 Å². The smallest absolute Gasteiger partial charge is 0.284 e. The maximum Gasteiger partial charge on any atom is 0.284 e. The summed E-state index contributed by atoms with van der Waals surface area (Å²) >= 11 is 0. The third-order valence-corrected chi connectivity index (χ3v) is 6.48. The first-order chi connectivity index (χ1) is 16.2. The first-order valence-electron chi connectivity index (χ1n) is 10.8. The molecule has 3 heterocycles. The SMILES string of the molecule is COc1ccc(C2(C3C=CC(F)=C(c4cncnc4)C3)N=C(N)N3CC(F)(F)CN=C32)cc1C. The number of allylic oxidation sites excluding steroid dienone is 3. The predicted molar refractivity (Wildman–Crippen MR) is 122 cm³/mol. The molecule has 7 nitrogen and oxygen atoms in total. The van der Waals surface area contributed by atoms with Crippen LogP contribution in [-0.4, -0.2) is 52.8 Å². The van der Waals surface area contributed by atoms with E-state index in [9.17, 15) is 13.2 Å². The second kappa shape index (κ2) is 7.96. The van der Waals surface area contributed by atoms with Gasteiger partial charge in [0.15, 0.2) is 11.5 Å². The van der Waals surface area contributed by atoms with Gasteiger partial charge in [-0.15, -0.1) is 0 Å². The summed E-state index contributed by atoms with van der Waals surface area (Å²) in [6.07, 6.45) is 7.76. The summed E-state index contributed by atoms with van der Waals surface area (Å²) in [5.74, 6) is -2.92. The molecular formula is C24H23F3N6O. The number of nitrogens with zero attached hydrogens (tertiary/aromatic N) is 5. The summed E-state index contributed by atoms with van der Waals surface area (Å²) in [6.45, 7) is 0.603. The quantitative estimate of drug-likeness (QED) is 0.741. The van der Waals surface area contributed by atoms with Crippen LogP contribution in [-0.2, 0) is 5.54 Å². The van der Waals surface area contributed by atoms with Crippen LogP contribution in [0.1, 0.15) is 23.1 Å². The highest BCUT2D eigenvalue weighted by Crippen LogP contribution is 2.49. The molecule has 1 aromatic heterocycles. The minimum Gasteiger partial charge on any atom is -0.496 e. The Bertz CT molecular complexity index is 1260. The predicted octanol–water partition coefficient (Wildman–Crippen LogP) is 3.62. The van der Waals surface area contributed by atoms with Crippen LogP contribution in [0.3, 0.4) is 0 Å². The molecule has 0 radical (unpaired) electrons. The van der Waals surface area contributed by atoms with Crippen molar-refractivity contribution in [2.24, 2.45) is 21.6 Å². The van der Waals surface area contributed by atoms with Crippen LogP contribution in [0.4, 0.5) is 13.2 Å². The molecule has 0 amide bonds. The molecule has 0 saturated heterocycles. The van der Waals surface area contributed by atoms with Gasteiger partial charge in [-0.1, -0.05) is 12.1 Å². The van der Waals surface area contributed by atoms with Crippen molar-refractivity contribution in [2.45, 2.75) is 24.8 Å². The number of aliphatic imine (C=N–C) groups is 2. The highest BCUT2D eigenvalue weighted by atomic mass is 19.3. The van der Waals surface area contributed by atoms with Crippen LogP contribution in [0.2, 0.25) is 0 Å². The van der Waals surface area contributed by atoms with E-state index in [0.29, 0.717) is 28.3 Å². The molecule has 2 unspecified atom stereocenters. The average Bonchev–Trinajstić information content (AvgIpc) is 3.11. The largest absolute Gasteiger partial charge is 0.496 e. The van der Waals surface area contributed by atoms with E-state index in [4.69, 9.17) is 15.5 Å². The zero-order chi connectivity index (χ0) is 24.1. The number of aromatic nitrogens is 2. The monoisotopic (exact) mass is 468 g/mol. The zero-order valence-electron chi connectivity index (χ0n) is 18.7. The summed E-state index contributed by atoms with van der Waals surface area (Å²) in [7, 11) is 1.57. The van der Waals surface area contributed by atoms with Crippen molar-refractivity contribution in [1.82, 2.24) is 14.9 Å². The van der Waals surface area contributed by atoms with Gasteiger partial charge in [0, 0.05) is 23.9 Å². The van der Waals surface area contributed by atoms with Crippen molar-refractivity contribution in [3.05, 3.63) is 71.6 Å². The Hall–Kier alpha value is -3.69. The zero-order valence-corrected chi connectivity index (χ0v) is 18.7. The first-order valence-corrected chi connectivity index (χ1v) is 10.8. The van der Waals surface area contributed by atoms with E-state index in [0.717, 1.165) is 5.56 Å². The number of guanidine groups is 1. The molecule has 2 aliphatic heterocycles. The third-order valence-electron chi connectivity index (χ3n) is 6.48. The van der Waals surface area contributed by atoms with E-state index in [1.54, 1.807) is 31.6 Å². The van der Waals surface area contributed by atoms with Crippen LogP contribution in [0.5, 0.6) is 5.75 Å². The molecule has 5 rings (SSSR count). The number of rotatable bonds is 4. The lowest BCUT2D eigenvalue weighted by Gasteiger charge is -2.39. The average molecular weight is 468 g/mol. The van der Waals surface area contributed by atoms with Crippen molar-refractivity contribution in [3.63, 3.8) is 0 Å². The number of fused-ring (bicyclic) bond motifs is 1. The molecule has 2 atom stereocenters. The molecule has 1 aromatic carbocycles. The number of alkyl halides is 2. The number of halogens is 3. The van der Waals surface area contributed by atoms with Gasteiger partial charge < -0.3 is 10.5 Å². The minimum absolute atomic E-state index is 0.0420. The summed E-state index contributed by atoms with van der Waals surface area (Å²) in [5, 5.41) is 0. The second-order valence-electron chi connectivity index (χ2n) is 8.63. The Labute approximate surface area is 194 Å². The molecule has 34 heavy (non-hydrogen) atoms. The van der Waals surface area contributed by atoms with Gasteiger partial charge in [0.05, 0.1) is 13.7 Å². The molecule has 1 aliphatic carbocycles. The minimum atomic E-state index is -3.03. The maximum absolute atomic E-state index is 14.9. The number of amidine groups is 1. The van der Waals surface area contributed by atoms with E-state index < -0.39 is 36.3 Å². The fraction of sp³-hybridized carbons (Fsp3) is 0.333. The second-order valence-corrected chi connectivity index (χ2v) is 8.63. The van der Waals surface area contributed by atoms with Crippen LogP contribution in [0.25, 0.3) is 5.57 Å². The summed E-state index contributed by atoms with van der Waals surface area (Å²) in [5.41, 5.74) is 7.49. The number of nitrogens with two attached hydrogens (primary N) is 1. The fourth-order valence-corrected chi connectivity index (χ4v) is 4.90. The van der Waals surface area contributed by atoms with Crippen molar-refractivity contribution in [2.75, 3.05) is 20.2 Å². The van der Waals surface area contributed by atoms with Crippen LogP contribution < -0.4 is 10.5 Å². The van der Waals surface area contributed by atoms with Crippen LogP contribution >= 0.6 is 0 Å². The molecule has 3 aliphatic rings. The number of hydrogen-bond acceptors (Lipinski definition) is 7. The van der Waals surface area contributed by atoms with Gasteiger partial charge in [-0.05, 0) is 48.3 Å². The van der Waals surface area contributed by atoms with Gasteiger partial charge in [-0.2, -0.15) is 0 Å². The molecular weight excluding hydrogens is 445 g/mol. The molecule has 0 fully saturated rings. The fourth-order valence-electron chi connectivity index (χ4n) is 4.90. The highest BCUT2D eigenvalue weighted by Gasteiger charge is 2.56. The Morgan fingerprint density at radius 3 is 2.68 bits per heavy atom. The number of ether oxygens (including phenoxy) is 1. The van der Waals surface area contributed by atoms with Crippen LogP contribution in [0.15, 0.2) is 64.9 Å². The Morgan fingerprint density at radius 2 is 1.97 bits per heavy atom. The Morgan fingerprint density at radius 1 is 1.21 bits per heavy atom. The Balaban J connectivity index is 1.67. The van der Waals surface area contributed by atoms with Crippen molar-refractivity contribution in [3.8, 4) is 5.75 Å². The van der Waals surface area contributed by atoms with Gasteiger partial charge in [-0.3, -0.25) is 9.89 Å². The number of aryl methyl sites for hydroxylation is 1. The summed E-state index contributed by atoms with van der Waals surface area (Å²) < 4.78 is 48.8. The van der Waals surface area contributed by atoms with E-state index in [2.05, 4.69) is 15.0 Å². The first kappa shape index (κ1) is 22.1. The molecule has 0 spiro atoms. The molecule has 10 heteroatoms. The standard InChI is InChI=1S/C24H23F3N6O/c1-14-7-16(4-6-20(14)34-2)24(21-31-11-23(26,27)12-33(21)22(28)32-24)17-3-5-19(25)18(8-17)15-9-29-13-30-10-15/h3-7,9-10,13,17H,8,11-12H2,1-2H3,(H2,28,32). The number of benzene rings is 1. The maximum atomic E-state index is 14.9. The van der Waals surface area contributed by atoms with Crippen molar-refractivity contribution >= 4 is 17.4 Å². The van der Waals surface area contributed by atoms with Crippen molar-refractivity contribution < 1.29 is 17.9 Å². The molecule has 2 N–H and O–H groups in total. The molecule has 176 valence electrons. The highest BCUT2D eigenvalue weighted by molar-refractivity contribution is 6.11. The molecule has 0 saturated carbocycles. The Kier molecular flexibility index (Phi) is 5.18. The number of methoxy groups -OCH3 is 1. The normalized spacial score (nSPS) is 25.7. The van der Waals surface area contributed by atoms with E-state index in [-0.39, 0.29) is 12.4 Å². The van der Waals surface area contributed by atoms with E-state index in [1.165, 1.54) is 17.3 Å². The number of hydrogen-bond donors (Lipinski definition) is 1.